The molecule has 0 aliphatic carbocycles. The topological polar surface area (TPSA) is 56.2 Å². The number of aryl methyl sites for hydroxylation is 1. The molecule has 27 heavy (non-hydrogen) atoms. The van der Waals surface area contributed by atoms with Crippen molar-refractivity contribution in [3.63, 3.8) is 0 Å². The van der Waals surface area contributed by atoms with Crippen LogP contribution in [-0.2, 0) is 18.3 Å². The van der Waals surface area contributed by atoms with E-state index < -0.39 is 6.04 Å². The smallest absolute Gasteiger partial charge is 0.227 e. The maximum Gasteiger partial charge on any atom is 0.227 e. The molecule has 1 N–H and O–H groups in total. The van der Waals surface area contributed by atoms with Crippen LogP contribution < -0.4 is 10.1 Å². The Balaban J connectivity index is 1.59. The van der Waals surface area contributed by atoms with Gasteiger partial charge in [0.25, 0.3) is 0 Å². The van der Waals surface area contributed by atoms with Gasteiger partial charge in [-0.25, -0.2) is 9.37 Å². The van der Waals surface area contributed by atoms with E-state index in [2.05, 4.69) is 10.3 Å². The number of halogens is 1. The minimum atomic E-state index is -0.537. The van der Waals surface area contributed by atoms with Crippen LogP contribution in [0.1, 0.15) is 23.0 Å². The van der Waals surface area contributed by atoms with E-state index in [1.54, 1.807) is 24.5 Å². The first-order valence-electron chi connectivity index (χ1n) is 8.85. The van der Waals surface area contributed by atoms with Gasteiger partial charge in [-0.1, -0.05) is 30.3 Å². The van der Waals surface area contributed by atoms with Gasteiger partial charge in [0, 0.05) is 19.4 Å². The molecule has 3 aromatic rings. The Morgan fingerprint density at radius 3 is 2.93 bits per heavy atom. The fourth-order valence-corrected chi connectivity index (χ4v) is 3.39. The predicted octanol–water partition coefficient (Wildman–Crippen LogP) is 3.02. The number of carbonyl (C=O) groups excluding carboxylic acids is 1. The molecular weight excluding hydrogens is 345 g/mol. The number of aromatic nitrogens is 2. The third-order valence-corrected chi connectivity index (χ3v) is 4.83. The molecule has 5 nitrogen and oxygen atoms in total. The first kappa shape index (κ1) is 17.3. The Bertz CT molecular complexity index is 969. The number of nitrogens with one attached hydrogen (secondary N) is 1. The van der Waals surface area contributed by atoms with Gasteiger partial charge in [0.2, 0.25) is 5.91 Å². The summed E-state index contributed by atoms with van der Waals surface area (Å²) < 4.78 is 21.3. The summed E-state index contributed by atoms with van der Waals surface area (Å²) in [6.45, 7) is 0.319. The molecule has 0 unspecified atom stereocenters. The van der Waals surface area contributed by atoms with Gasteiger partial charge < -0.3 is 14.6 Å². The predicted molar refractivity (Wildman–Crippen MR) is 98.7 cm³/mol. The highest BCUT2D eigenvalue weighted by Crippen LogP contribution is 2.28. The molecule has 2 atom stereocenters. The van der Waals surface area contributed by atoms with Crippen molar-refractivity contribution >= 4 is 5.91 Å². The van der Waals surface area contributed by atoms with E-state index in [4.69, 9.17) is 4.74 Å². The zero-order chi connectivity index (χ0) is 18.8. The lowest BCUT2D eigenvalue weighted by molar-refractivity contribution is -0.126. The van der Waals surface area contributed by atoms with E-state index >= 15 is 0 Å². The normalized spacial score (nSPS) is 16.9. The highest BCUT2D eigenvalue weighted by Gasteiger charge is 2.29. The summed E-state index contributed by atoms with van der Waals surface area (Å²) in [5.74, 6) is 0.673. The third-order valence-electron chi connectivity index (χ3n) is 4.83. The molecule has 2 heterocycles. The average molecular weight is 365 g/mol. The largest absolute Gasteiger partial charge is 0.492 e. The van der Waals surface area contributed by atoms with Crippen molar-refractivity contribution in [3.8, 4) is 5.75 Å². The van der Waals surface area contributed by atoms with E-state index in [1.165, 1.54) is 12.1 Å². The zero-order valence-electron chi connectivity index (χ0n) is 14.9. The molecule has 1 amide bonds. The molecule has 0 saturated carbocycles. The van der Waals surface area contributed by atoms with Crippen molar-refractivity contribution in [3.05, 3.63) is 83.7 Å². The summed E-state index contributed by atoms with van der Waals surface area (Å²) in [4.78, 5) is 17.3. The molecule has 2 aromatic carbocycles. The van der Waals surface area contributed by atoms with Crippen molar-refractivity contribution in [1.29, 1.82) is 0 Å². The summed E-state index contributed by atoms with van der Waals surface area (Å²) in [6, 6.07) is 13.4. The minimum absolute atomic E-state index is 0.137. The van der Waals surface area contributed by atoms with Crippen molar-refractivity contribution in [1.82, 2.24) is 14.9 Å². The van der Waals surface area contributed by atoms with Crippen molar-refractivity contribution in [2.75, 3.05) is 6.61 Å². The lowest BCUT2D eigenvalue weighted by atomic mass is 9.95. The number of hydrogen-bond donors (Lipinski definition) is 1. The molecule has 0 spiro atoms. The standard InChI is InChI=1S/C21H20FN3O2/c1-25-10-9-23-20(25)19(15-6-4-7-17(22)12-15)24-21(26)16-11-14-5-2-3-8-18(14)27-13-16/h2-10,12,16,19H,11,13H2,1H3,(H,24,26)/t16-,19-/m0/s1. The molecule has 1 aliphatic rings. The van der Waals surface area contributed by atoms with Crippen molar-refractivity contribution < 1.29 is 13.9 Å². The number of carbonyl (C=O) groups is 1. The van der Waals surface area contributed by atoms with E-state index in [0.717, 1.165) is 11.3 Å². The van der Waals surface area contributed by atoms with Gasteiger partial charge in [0.1, 0.15) is 30.0 Å². The summed E-state index contributed by atoms with van der Waals surface area (Å²) in [5, 5.41) is 3.04. The average Bonchev–Trinajstić information content (AvgIpc) is 3.11. The summed E-state index contributed by atoms with van der Waals surface area (Å²) in [6.07, 6.45) is 4.07. The lowest BCUT2D eigenvalue weighted by Crippen LogP contribution is -2.40. The van der Waals surface area contributed by atoms with Gasteiger partial charge in [-0.15, -0.1) is 0 Å². The maximum atomic E-state index is 13.8. The SMILES string of the molecule is Cn1ccnc1[C@@H](NC(=O)[C@@H]1COc2ccccc2C1)c1cccc(F)c1. The van der Waals surface area contributed by atoms with E-state index in [0.29, 0.717) is 24.4 Å². The molecule has 4 rings (SSSR count). The first-order valence-corrected chi connectivity index (χ1v) is 8.85. The maximum absolute atomic E-state index is 13.8. The summed E-state index contributed by atoms with van der Waals surface area (Å²) in [7, 11) is 1.85. The lowest BCUT2D eigenvalue weighted by Gasteiger charge is -2.27. The van der Waals surface area contributed by atoms with Crippen LogP contribution in [0.15, 0.2) is 60.9 Å². The number of amides is 1. The fraction of sp³-hybridized carbons (Fsp3) is 0.238. The summed E-state index contributed by atoms with van der Waals surface area (Å²) in [5.41, 5.74) is 1.66. The quantitative estimate of drug-likeness (QED) is 0.773. The fourth-order valence-electron chi connectivity index (χ4n) is 3.39. The van der Waals surface area contributed by atoms with Crippen LogP contribution in [-0.4, -0.2) is 22.1 Å². The van der Waals surface area contributed by atoms with Crippen LogP contribution in [0.4, 0.5) is 4.39 Å². The Morgan fingerprint density at radius 1 is 1.30 bits per heavy atom. The molecule has 1 aromatic heterocycles. The Kier molecular flexibility index (Phi) is 4.62. The molecule has 0 radical (unpaired) electrons. The highest BCUT2D eigenvalue weighted by molar-refractivity contribution is 5.80. The van der Waals surface area contributed by atoms with Gasteiger partial charge in [-0.2, -0.15) is 0 Å². The van der Waals surface area contributed by atoms with Gasteiger partial charge in [0.05, 0.1) is 5.92 Å². The second-order valence-corrected chi connectivity index (χ2v) is 6.71. The minimum Gasteiger partial charge on any atom is -0.492 e. The zero-order valence-corrected chi connectivity index (χ0v) is 14.9. The number of fused-ring (bicyclic) bond motifs is 1. The van der Waals surface area contributed by atoms with Crippen LogP contribution in [0.3, 0.4) is 0 Å². The number of imidazole rings is 1. The third kappa shape index (κ3) is 3.56. The van der Waals surface area contributed by atoms with Crippen molar-refractivity contribution in [2.45, 2.75) is 12.5 Å². The molecule has 0 fully saturated rings. The Morgan fingerprint density at radius 2 is 2.15 bits per heavy atom. The molecule has 0 saturated heterocycles. The van der Waals surface area contributed by atoms with Gasteiger partial charge >= 0.3 is 0 Å². The van der Waals surface area contributed by atoms with Crippen LogP contribution >= 0.6 is 0 Å². The van der Waals surface area contributed by atoms with E-state index in [-0.39, 0.29) is 17.6 Å². The number of nitrogens with zero attached hydrogens (tertiary/aromatic N) is 2. The van der Waals surface area contributed by atoms with Crippen LogP contribution in [0.2, 0.25) is 0 Å². The number of rotatable bonds is 4. The molecule has 1 aliphatic heterocycles. The van der Waals surface area contributed by atoms with E-state index in [9.17, 15) is 9.18 Å². The van der Waals surface area contributed by atoms with Gasteiger partial charge in [-0.3, -0.25) is 4.79 Å². The monoisotopic (exact) mass is 365 g/mol. The first-order chi connectivity index (χ1) is 13.1. The molecular formula is C21H20FN3O2. The highest BCUT2D eigenvalue weighted by atomic mass is 19.1. The van der Waals surface area contributed by atoms with Gasteiger partial charge in [-0.05, 0) is 35.7 Å². The molecule has 6 heteroatoms. The Labute approximate surface area is 156 Å². The second kappa shape index (κ2) is 7.23. The Hall–Kier alpha value is -3.15. The number of benzene rings is 2. The molecule has 138 valence electrons. The van der Waals surface area contributed by atoms with E-state index in [1.807, 2.05) is 35.9 Å². The van der Waals surface area contributed by atoms with Crippen LogP contribution in [0.25, 0.3) is 0 Å². The van der Waals surface area contributed by atoms with Crippen molar-refractivity contribution in [2.24, 2.45) is 13.0 Å². The second-order valence-electron chi connectivity index (χ2n) is 6.71. The number of hydrogen-bond acceptors (Lipinski definition) is 3. The van der Waals surface area contributed by atoms with Crippen LogP contribution in [0, 0.1) is 11.7 Å². The number of para-hydroxylation sites is 1. The van der Waals surface area contributed by atoms with Gasteiger partial charge in [0.15, 0.2) is 0 Å². The number of ether oxygens (including phenoxy) is 1. The molecule has 0 bridgehead atoms. The van der Waals surface area contributed by atoms with Crippen LogP contribution in [0.5, 0.6) is 5.75 Å². The summed E-state index contributed by atoms with van der Waals surface area (Å²) >= 11 is 0.